The molecule has 0 spiro atoms. The van der Waals surface area contributed by atoms with Crippen molar-refractivity contribution in [3.05, 3.63) is 28.8 Å². The molecule has 2 amide bonds. The molecule has 1 aromatic carbocycles. The van der Waals surface area contributed by atoms with Gasteiger partial charge in [0.15, 0.2) is 0 Å². The predicted molar refractivity (Wildman–Crippen MR) is 123 cm³/mol. The average Bonchev–Trinajstić information content (AvgIpc) is 3.18. The van der Waals surface area contributed by atoms with Crippen molar-refractivity contribution in [1.29, 1.82) is 0 Å². The Morgan fingerprint density at radius 2 is 1.77 bits per heavy atom. The summed E-state index contributed by atoms with van der Waals surface area (Å²) in [7, 11) is 0. The maximum absolute atomic E-state index is 13.0. The van der Waals surface area contributed by atoms with E-state index in [4.69, 9.17) is 11.6 Å². The smallest absolute Gasteiger partial charge is 0.226 e. The Balaban J connectivity index is 1.64. The average molecular weight is 434 g/mol. The van der Waals surface area contributed by atoms with Crippen LogP contribution in [0, 0.1) is 11.8 Å². The molecule has 0 unspecified atom stereocenters. The molecule has 5 nitrogen and oxygen atoms in total. The van der Waals surface area contributed by atoms with Gasteiger partial charge in [-0.05, 0) is 44.2 Å². The fourth-order valence-electron chi connectivity index (χ4n) is 4.99. The van der Waals surface area contributed by atoms with E-state index in [1.807, 2.05) is 32.0 Å². The second kappa shape index (κ2) is 10.1. The summed E-state index contributed by atoms with van der Waals surface area (Å²) in [5.74, 6) is 0.866. The molecular formula is C24H36ClN3O2. The number of carbonyl (C=O) groups is 2. The van der Waals surface area contributed by atoms with Crippen LogP contribution in [-0.2, 0) is 16.1 Å². The minimum absolute atomic E-state index is 0.00895. The van der Waals surface area contributed by atoms with Crippen molar-refractivity contribution in [2.45, 2.75) is 78.4 Å². The number of rotatable bonds is 6. The van der Waals surface area contributed by atoms with Gasteiger partial charge in [-0.25, -0.2) is 0 Å². The number of carbonyl (C=O) groups excluding carboxylic acids is 2. The molecular weight excluding hydrogens is 398 g/mol. The summed E-state index contributed by atoms with van der Waals surface area (Å²) < 4.78 is 0. The number of piperazine rings is 1. The van der Waals surface area contributed by atoms with Gasteiger partial charge in [-0.1, -0.05) is 50.4 Å². The number of nitrogens with one attached hydrogen (secondary N) is 1. The first-order valence-corrected chi connectivity index (χ1v) is 11.8. The summed E-state index contributed by atoms with van der Waals surface area (Å²) >= 11 is 6.64. The molecule has 1 saturated heterocycles. The summed E-state index contributed by atoms with van der Waals surface area (Å²) in [6.45, 7) is 10.7. The number of amides is 2. The lowest BCUT2D eigenvalue weighted by Gasteiger charge is -2.45. The molecule has 1 N–H and O–H groups in total. The fourth-order valence-corrected chi connectivity index (χ4v) is 5.22. The molecule has 2 atom stereocenters. The number of anilines is 1. The van der Waals surface area contributed by atoms with Gasteiger partial charge >= 0.3 is 0 Å². The molecule has 1 aromatic rings. The minimum Gasteiger partial charge on any atom is -0.334 e. The van der Waals surface area contributed by atoms with Gasteiger partial charge in [0.2, 0.25) is 11.8 Å². The summed E-state index contributed by atoms with van der Waals surface area (Å²) in [4.78, 5) is 29.7. The van der Waals surface area contributed by atoms with E-state index in [1.54, 1.807) is 0 Å². The Kier molecular flexibility index (Phi) is 7.81. The molecule has 166 valence electrons. The van der Waals surface area contributed by atoms with Crippen LogP contribution in [0.2, 0.25) is 5.02 Å². The standard InChI is InChI=1S/C24H36ClN3O2/c1-16(2)12-22(29)26-21-11-7-10-20(23(21)25)15-27-13-17(3)28(18(4)14-27)24(30)19-8-5-6-9-19/h7,10-11,16-19H,5-6,8-9,12-15H2,1-4H3,(H,26,29)/t17-,18+. The number of hydrogen-bond acceptors (Lipinski definition) is 3. The topological polar surface area (TPSA) is 52.7 Å². The van der Waals surface area contributed by atoms with E-state index < -0.39 is 0 Å². The summed E-state index contributed by atoms with van der Waals surface area (Å²) in [6, 6.07) is 6.20. The van der Waals surface area contributed by atoms with E-state index in [2.05, 4.69) is 29.0 Å². The summed E-state index contributed by atoms with van der Waals surface area (Å²) in [5.41, 5.74) is 1.69. The molecule has 3 rings (SSSR count). The molecule has 6 heteroatoms. The van der Waals surface area contributed by atoms with Gasteiger partial charge in [0, 0.05) is 44.1 Å². The van der Waals surface area contributed by atoms with Gasteiger partial charge in [0.1, 0.15) is 0 Å². The third-order valence-electron chi connectivity index (χ3n) is 6.29. The van der Waals surface area contributed by atoms with Gasteiger partial charge in [-0.15, -0.1) is 0 Å². The quantitative estimate of drug-likeness (QED) is 0.691. The van der Waals surface area contributed by atoms with Crippen LogP contribution in [0.15, 0.2) is 18.2 Å². The molecule has 0 radical (unpaired) electrons. The zero-order chi connectivity index (χ0) is 21.8. The third kappa shape index (κ3) is 5.55. The molecule has 0 bridgehead atoms. The third-order valence-corrected chi connectivity index (χ3v) is 6.74. The maximum atomic E-state index is 13.0. The lowest BCUT2D eigenvalue weighted by Crippen LogP contribution is -2.59. The SMILES string of the molecule is CC(C)CC(=O)Nc1cccc(CN2C[C@@H](C)N(C(=O)C3CCCC3)[C@@H](C)C2)c1Cl. The van der Waals surface area contributed by atoms with E-state index in [-0.39, 0.29) is 23.9 Å². The van der Waals surface area contributed by atoms with E-state index in [0.717, 1.165) is 31.5 Å². The van der Waals surface area contributed by atoms with E-state index in [9.17, 15) is 9.59 Å². The predicted octanol–water partition coefficient (Wildman–Crippen LogP) is 4.94. The van der Waals surface area contributed by atoms with Crippen LogP contribution in [0.3, 0.4) is 0 Å². The molecule has 30 heavy (non-hydrogen) atoms. The molecule has 2 aliphatic rings. The molecule has 1 aliphatic heterocycles. The highest BCUT2D eigenvalue weighted by molar-refractivity contribution is 6.34. The highest BCUT2D eigenvalue weighted by Gasteiger charge is 2.37. The first-order valence-electron chi connectivity index (χ1n) is 11.4. The molecule has 1 heterocycles. The molecule has 2 fully saturated rings. The monoisotopic (exact) mass is 433 g/mol. The number of halogens is 1. The van der Waals surface area contributed by atoms with Gasteiger partial charge in [-0.2, -0.15) is 0 Å². The largest absolute Gasteiger partial charge is 0.334 e. The van der Waals surface area contributed by atoms with Crippen molar-refractivity contribution in [2.24, 2.45) is 11.8 Å². The normalized spacial score (nSPS) is 23.2. The van der Waals surface area contributed by atoms with E-state index in [0.29, 0.717) is 35.5 Å². The van der Waals surface area contributed by atoms with Crippen LogP contribution in [0.25, 0.3) is 0 Å². The highest BCUT2D eigenvalue weighted by Crippen LogP contribution is 2.31. The Morgan fingerprint density at radius 1 is 1.13 bits per heavy atom. The van der Waals surface area contributed by atoms with Crippen LogP contribution in [0.5, 0.6) is 0 Å². The Hall–Kier alpha value is -1.59. The number of nitrogens with zero attached hydrogens (tertiary/aromatic N) is 2. The van der Waals surface area contributed by atoms with Crippen molar-refractivity contribution in [3.8, 4) is 0 Å². The lowest BCUT2D eigenvalue weighted by atomic mass is 10.0. The second-order valence-electron chi connectivity index (χ2n) is 9.54. The van der Waals surface area contributed by atoms with Crippen molar-refractivity contribution >= 4 is 29.1 Å². The first-order chi connectivity index (χ1) is 14.3. The Labute approximate surface area is 186 Å². The van der Waals surface area contributed by atoms with Gasteiger partial charge in [-0.3, -0.25) is 14.5 Å². The zero-order valence-corrected chi connectivity index (χ0v) is 19.5. The van der Waals surface area contributed by atoms with Crippen LogP contribution >= 0.6 is 11.6 Å². The van der Waals surface area contributed by atoms with Gasteiger partial charge < -0.3 is 10.2 Å². The fraction of sp³-hybridized carbons (Fsp3) is 0.667. The van der Waals surface area contributed by atoms with Crippen LogP contribution in [-0.4, -0.2) is 46.8 Å². The second-order valence-corrected chi connectivity index (χ2v) is 9.92. The highest BCUT2D eigenvalue weighted by atomic mass is 35.5. The van der Waals surface area contributed by atoms with Crippen LogP contribution < -0.4 is 5.32 Å². The first kappa shape index (κ1) is 23.1. The van der Waals surface area contributed by atoms with Crippen LogP contribution in [0.4, 0.5) is 5.69 Å². The molecule has 1 aliphatic carbocycles. The van der Waals surface area contributed by atoms with Gasteiger partial charge in [0.05, 0.1) is 10.7 Å². The lowest BCUT2D eigenvalue weighted by molar-refractivity contribution is -0.143. The Bertz CT molecular complexity index is 749. The zero-order valence-electron chi connectivity index (χ0n) is 18.8. The van der Waals surface area contributed by atoms with Crippen molar-refractivity contribution in [2.75, 3.05) is 18.4 Å². The number of benzene rings is 1. The van der Waals surface area contributed by atoms with Gasteiger partial charge in [0.25, 0.3) is 0 Å². The van der Waals surface area contributed by atoms with Crippen molar-refractivity contribution in [1.82, 2.24) is 9.80 Å². The van der Waals surface area contributed by atoms with Crippen molar-refractivity contribution in [3.63, 3.8) is 0 Å². The Morgan fingerprint density at radius 3 is 2.37 bits per heavy atom. The van der Waals surface area contributed by atoms with Crippen LogP contribution in [0.1, 0.15) is 65.4 Å². The summed E-state index contributed by atoms with van der Waals surface area (Å²) in [5, 5.41) is 3.56. The maximum Gasteiger partial charge on any atom is 0.226 e. The molecule has 1 saturated carbocycles. The van der Waals surface area contributed by atoms with E-state index >= 15 is 0 Å². The minimum atomic E-state index is -0.00895. The van der Waals surface area contributed by atoms with E-state index in [1.165, 1.54) is 12.8 Å². The molecule has 0 aromatic heterocycles. The summed E-state index contributed by atoms with van der Waals surface area (Å²) in [6.07, 6.45) is 4.93. The van der Waals surface area contributed by atoms with Crippen molar-refractivity contribution < 1.29 is 9.59 Å². The number of hydrogen-bond donors (Lipinski definition) is 1.